The number of nitrogen functional groups attached to an aromatic ring is 2. The molecular formula is C13H12CeN2O3. The van der Waals surface area contributed by atoms with Gasteiger partial charge < -0.3 is 21.7 Å². The van der Waals surface area contributed by atoms with Crippen molar-refractivity contribution >= 4 is 17.2 Å². The van der Waals surface area contributed by atoms with Crippen LogP contribution in [0.25, 0.3) is 0 Å². The molecule has 0 aliphatic rings. The first-order valence-corrected chi connectivity index (χ1v) is 5.20. The van der Waals surface area contributed by atoms with Crippen LogP contribution in [0.3, 0.4) is 0 Å². The van der Waals surface area contributed by atoms with E-state index in [4.69, 9.17) is 11.5 Å². The Hall–Kier alpha value is -1.31. The van der Waals surface area contributed by atoms with E-state index in [1.54, 1.807) is 0 Å². The number of hydrogen-bond donors (Lipinski definition) is 4. The van der Waals surface area contributed by atoms with Crippen molar-refractivity contribution in [2.75, 3.05) is 11.5 Å². The van der Waals surface area contributed by atoms with Gasteiger partial charge in [-0.15, -0.1) is 0 Å². The summed E-state index contributed by atoms with van der Waals surface area (Å²) < 4.78 is 0. The fourth-order valence-corrected chi connectivity index (χ4v) is 1.56. The second kappa shape index (κ2) is 6.22. The zero-order valence-corrected chi connectivity index (χ0v) is 13.1. The van der Waals surface area contributed by atoms with E-state index >= 15 is 0 Å². The molecular weight excluding hydrogens is 372 g/mol. The van der Waals surface area contributed by atoms with Crippen LogP contribution in [0, 0.1) is 41.7 Å². The molecule has 0 saturated heterocycles. The number of phenolic OH excluding ortho intramolecular Hbond substituents is 2. The summed E-state index contributed by atoms with van der Waals surface area (Å²) in [4.78, 5) is 12.1. The number of aromatic hydroxyl groups is 2. The van der Waals surface area contributed by atoms with Gasteiger partial charge in [-0.25, -0.2) is 0 Å². The van der Waals surface area contributed by atoms with E-state index < -0.39 is 0 Å². The minimum absolute atomic E-state index is 0. The molecule has 2 aromatic rings. The van der Waals surface area contributed by atoms with Crippen LogP contribution in [0.4, 0.5) is 11.4 Å². The van der Waals surface area contributed by atoms with Crippen LogP contribution < -0.4 is 11.5 Å². The van der Waals surface area contributed by atoms with E-state index in [9.17, 15) is 15.0 Å². The van der Waals surface area contributed by atoms with Crippen molar-refractivity contribution in [3.63, 3.8) is 0 Å². The van der Waals surface area contributed by atoms with E-state index in [2.05, 4.69) is 0 Å². The third-order valence-electron chi connectivity index (χ3n) is 2.58. The molecule has 0 aliphatic carbocycles. The molecule has 0 aliphatic heterocycles. The van der Waals surface area contributed by atoms with Crippen molar-refractivity contribution in [2.24, 2.45) is 0 Å². The Labute approximate surface area is 143 Å². The van der Waals surface area contributed by atoms with Gasteiger partial charge in [-0.3, -0.25) is 4.79 Å². The van der Waals surface area contributed by atoms with Gasteiger partial charge in [-0.05, 0) is 36.4 Å². The molecule has 6 heteroatoms. The molecule has 0 bridgehead atoms. The third-order valence-corrected chi connectivity index (χ3v) is 2.58. The Morgan fingerprint density at radius 2 is 1.21 bits per heavy atom. The van der Waals surface area contributed by atoms with Crippen molar-refractivity contribution in [2.45, 2.75) is 0 Å². The number of phenols is 2. The van der Waals surface area contributed by atoms with Gasteiger partial charge in [-0.1, -0.05) is 0 Å². The standard InChI is InChI=1S/C13H12N2O3.Ce/c14-9-5-7(1-3-11(9)16)13(18)8-2-4-12(17)10(15)6-8;/h1-6,16-17H,14-15H2;. The smallest absolute Gasteiger partial charge is 0.193 e. The zero-order chi connectivity index (χ0) is 13.3. The molecule has 0 unspecified atom stereocenters. The van der Waals surface area contributed by atoms with E-state index in [1.165, 1.54) is 36.4 Å². The molecule has 2 rings (SSSR count). The second-order valence-corrected chi connectivity index (χ2v) is 3.88. The first kappa shape index (κ1) is 15.7. The van der Waals surface area contributed by atoms with Crippen LogP contribution in [0.5, 0.6) is 11.5 Å². The molecule has 0 radical (unpaired) electrons. The molecule has 0 spiro atoms. The monoisotopic (exact) mass is 384 g/mol. The molecule has 0 atom stereocenters. The summed E-state index contributed by atoms with van der Waals surface area (Å²) >= 11 is 0. The largest absolute Gasteiger partial charge is 0.506 e. The molecule has 0 amide bonds. The molecule has 96 valence electrons. The van der Waals surface area contributed by atoms with Crippen LogP contribution in [-0.2, 0) is 0 Å². The van der Waals surface area contributed by atoms with Gasteiger partial charge in [0.1, 0.15) is 11.5 Å². The molecule has 0 fully saturated rings. The average Bonchev–Trinajstić information content (AvgIpc) is 2.35. The summed E-state index contributed by atoms with van der Waals surface area (Å²) in [5.41, 5.74) is 12.0. The number of anilines is 2. The van der Waals surface area contributed by atoms with E-state index in [-0.39, 0.29) is 70.4 Å². The van der Waals surface area contributed by atoms with Gasteiger partial charge >= 0.3 is 0 Å². The van der Waals surface area contributed by atoms with Crippen molar-refractivity contribution in [1.82, 2.24) is 0 Å². The maximum atomic E-state index is 12.1. The molecule has 0 aromatic heterocycles. The van der Waals surface area contributed by atoms with Crippen molar-refractivity contribution in [3.05, 3.63) is 47.5 Å². The molecule has 0 saturated carbocycles. The Morgan fingerprint density at radius 3 is 1.53 bits per heavy atom. The van der Waals surface area contributed by atoms with Gasteiger partial charge in [0, 0.05) is 52.9 Å². The number of nitrogens with two attached hydrogens (primary N) is 2. The molecule has 5 nitrogen and oxygen atoms in total. The van der Waals surface area contributed by atoms with E-state index in [1.807, 2.05) is 0 Å². The Balaban J connectivity index is 0.00000180. The summed E-state index contributed by atoms with van der Waals surface area (Å²) in [7, 11) is 0. The van der Waals surface area contributed by atoms with Crippen LogP contribution >= 0.6 is 0 Å². The normalized spacial score (nSPS) is 9.68. The molecule has 19 heavy (non-hydrogen) atoms. The quantitative estimate of drug-likeness (QED) is 0.356. The summed E-state index contributed by atoms with van der Waals surface area (Å²) in [5.74, 6) is -0.429. The van der Waals surface area contributed by atoms with Crippen LogP contribution in [0.2, 0.25) is 0 Å². The summed E-state index contributed by atoms with van der Waals surface area (Å²) in [6.07, 6.45) is 0. The van der Waals surface area contributed by atoms with Crippen molar-refractivity contribution in [1.29, 1.82) is 0 Å². The fourth-order valence-electron chi connectivity index (χ4n) is 1.56. The number of hydrogen-bond acceptors (Lipinski definition) is 5. The zero-order valence-electron chi connectivity index (χ0n) is 9.92. The topological polar surface area (TPSA) is 110 Å². The Bertz CT molecular complexity index is 576. The Kier molecular flexibility index (Phi) is 5.16. The van der Waals surface area contributed by atoms with Gasteiger partial charge in [0.05, 0.1) is 11.4 Å². The van der Waals surface area contributed by atoms with Gasteiger partial charge in [0.15, 0.2) is 5.78 Å². The average molecular weight is 384 g/mol. The summed E-state index contributed by atoms with van der Waals surface area (Å²) in [5, 5.41) is 18.6. The van der Waals surface area contributed by atoms with Crippen LogP contribution in [-0.4, -0.2) is 16.0 Å². The summed E-state index contributed by atoms with van der Waals surface area (Å²) in [6, 6.07) is 8.42. The van der Waals surface area contributed by atoms with Crippen LogP contribution in [0.15, 0.2) is 36.4 Å². The van der Waals surface area contributed by atoms with E-state index in [0.717, 1.165) is 0 Å². The first-order valence-electron chi connectivity index (χ1n) is 5.20. The fraction of sp³-hybridized carbons (Fsp3) is 0. The van der Waals surface area contributed by atoms with Gasteiger partial charge in [-0.2, -0.15) is 0 Å². The molecule has 6 N–H and O–H groups in total. The van der Waals surface area contributed by atoms with Crippen molar-refractivity contribution < 1.29 is 56.8 Å². The van der Waals surface area contributed by atoms with Crippen LogP contribution in [0.1, 0.15) is 15.9 Å². The number of benzene rings is 2. The SMILES string of the molecule is Nc1cc(C(=O)c2ccc(O)c(N)c2)ccc1O.[Ce]. The number of ketones is 1. The molecule has 0 heterocycles. The maximum absolute atomic E-state index is 12.1. The molecule has 2 aromatic carbocycles. The first-order chi connectivity index (χ1) is 8.49. The minimum Gasteiger partial charge on any atom is -0.506 e. The predicted octanol–water partition coefficient (Wildman–Crippen LogP) is 1.49. The van der Waals surface area contributed by atoms with Crippen molar-refractivity contribution in [3.8, 4) is 11.5 Å². The number of rotatable bonds is 2. The number of carbonyl (C=O) groups excluding carboxylic acids is 1. The van der Waals surface area contributed by atoms with Gasteiger partial charge in [0.2, 0.25) is 0 Å². The number of carbonyl (C=O) groups is 1. The van der Waals surface area contributed by atoms with E-state index in [0.29, 0.717) is 11.1 Å². The predicted molar refractivity (Wildman–Crippen MR) is 68.5 cm³/mol. The second-order valence-electron chi connectivity index (χ2n) is 3.88. The minimum atomic E-state index is -0.284. The third kappa shape index (κ3) is 3.37. The maximum Gasteiger partial charge on any atom is 0.193 e. The van der Waals surface area contributed by atoms with Gasteiger partial charge in [0.25, 0.3) is 0 Å². The summed E-state index contributed by atoms with van der Waals surface area (Å²) in [6.45, 7) is 0. The Morgan fingerprint density at radius 1 is 0.842 bits per heavy atom.